The molecule has 64 valence electrons. The fourth-order valence-electron chi connectivity index (χ4n) is 0.974. The second kappa shape index (κ2) is 3.36. The third kappa shape index (κ3) is 1.53. The second-order valence-corrected chi connectivity index (χ2v) is 2.25. The molecule has 0 aliphatic heterocycles. The van der Waals surface area contributed by atoms with Gasteiger partial charge in [-0.05, 0) is 0 Å². The molecule has 13 heavy (non-hydrogen) atoms. The Balaban J connectivity index is 0.000000845. The Bertz CT molecular complexity index is 489. The normalized spacial score (nSPS) is 9.85. The molecular weight excluding hydrogens is 185 g/mol. The summed E-state index contributed by atoms with van der Waals surface area (Å²) in [7, 11) is 0. The summed E-state index contributed by atoms with van der Waals surface area (Å²) in [4.78, 5) is 19.5. The van der Waals surface area contributed by atoms with Crippen LogP contribution in [0.4, 0.5) is 5.95 Å². The van der Waals surface area contributed by atoms with Gasteiger partial charge in [-0.1, -0.05) is 0 Å². The van der Waals surface area contributed by atoms with Crippen LogP contribution in [0.3, 0.4) is 0 Å². The molecule has 0 aliphatic carbocycles. The van der Waals surface area contributed by atoms with Crippen LogP contribution in [0.5, 0.6) is 0 Å². The Morgan fingerprint density at radius 3 is 3.00 bits per heavy atom. The Morgan fingerprint density at radius 2 is 2.31 bits per heavy atom. The van der Waals surface area contributed by atoms with Crippen LogP contribution < -0.4 is 16.0 Å². The number of nitrogens with one attached hydrogen (secondary N) is 2. The number of nitrogen functional groups attached to an aromatic ring is 1. The van der Waals surface area contributed by atoms with Gasteiger partial charge in [0.1, 0.15) is 0 Å². The van der Waals surface area contributed by atoms with Crippen LogP contribution in [0.15, 0.2) is 11.1 Å². The van der Waals surface area contributed by atoms with Crippen LogP contribution in [0.25, 0.3) is 11.2 Å². The molecule has 0 unspecified atom stereocenters. The molecule has 2 heterocycles. The average Bonchev–Trinajstić information content (AvgIpc) is 2.31. The first-order chi connectivity index (χ1) is 5.68. The van der Waals surface area contributed by atoms with E-state index >= 15 is 0 Å². The molecule has 8 heteroatoms. The zero-order valence-electron chi connectivity index (χ0n) is 5.87. The van der Waals surface area contributed by atoms with Crippen LogP contribution in [0.1, 0.15) is 0 Å². The van der Waals surface area contributed by atoms with Gasteiger partial charge in [-0.25, -0.2) is 9.71 Å². The van der Waals surface area contributed by atoms with E-state index in [0.29, 0.717) is 4.73 Å². The maximum atomic E-state index is 11.1. The summed E-state index contributed by atoms with van der Waals surface area (Å²) < 4.78 is 0.403. The fraction of sp³-hybridized carbons (Fsp3) is 0. The number of nitrogens with two attached hydrogens (primary N) is 1. The standard InChI is InChI=1S/C5H5N5O2.Na.H/c6-5-8-3-2(4(11)9-5)10(12)1-7-3;;/h1H,(H4,6,7,8,9,11);;. The van der Waals surface area contributed by atoms with Gasteiger partial charge in [0.05, 0.1) is 0 Å². The van der Waals surface area contributed by atoms with Crippen LogP contribution >= 0.6 is 0 Å². The molecular formula is C5H6N5NaO2. The minimum atomic E-state index is -0.547. The third-order valence-electron chi connectivity index (χ3n) is 1.45. The van der Waals surface area contributed by atoms with Crippen molar-refractivity contribution >= 4 is 46.7 Å². The molecule has 0 atom stereocenters. The molecule has 4 N–H and O–H groups in total. The molecule has 0 amide bonds. The molecule has 0 aliphatic rings. The molecule has 7 nitrogen and oxygen atoms in total. The van der Waals surface area contributed by atoms with E-state index in [1.807, 2.05) is 0 Å². The molecule has 2 aromatic heterocycles. The zero-order valence-corrected chi connectivity index (χ0v) is 5.87. The summed E-state index contributed by atoms with van der Waals surface area (Å²) in [6, 6.07) is 0. The van der Waals surface area contributed by atoms with Crippen LogP contribution in [-0.4, -0.2) is 44.5 Å². The van der Waals surface area contributed by atoms with E-state index in [9.17, 15) is 10.0 Å². The number of hydrogen-bond donors (Lipinski definition) is 3. The zero-order chi connectivity index (χ0) is 8.72. The van der Waals surface area contributed by atoms with Crippen molar-refractivity contribution in [1.82, 2.24) is 15.0 Å². The first kappa shape index (κ1) is 10.0. The summed E-state index contributed by atoms with van der Waals surface area (Å²) in [5.41, 5.74) is 4.81. The van der Waals surface area contributed by atoms with E-state index < -0.39 is 5.56 Å². The van der Waals surface area contributed by atoms with Crippen molar-refractivity contribution in [2.24, 2.45) is 0 Å². The fourth-order valence-corrected chi connectivity index (χ4v) is 0.974. The molecule has 0 radical (unpaired) electrons. The van der Waals surface area contributed by atoms with E-state index in [0.717, 1.165) is 6.33 Å². The van der Waals surface area contributed by atoms with E-state index in [1.165, 1.54) is 0 Å². The summed E-state index contributed by atoms with van der Waals surface area (Å²) in [5, 5.41) is 10.9. The summed E-state index contributed by atoms with van der Waals surface area (Å²) in [5.74, 6) is -0.0186. The molecule has 2 aromatic rings. The van der Waals surface area contributed by atoms with E-state index in [2.05, 4.69) is 15.0 Å². The van der Waals surface area contributed by atoms with Crippen LogP contribution in [0.2, 0.25) is 0 Å². The number of aromatic amines is 2. The number of aromatic nitrogens is 4. The Morgan fingerprint density at radius 1 is 1.62 bits per heavy atom. The minimum absolute atomic E-state index is 0. The SMILES string of the molecule is Nc1nc2[nH]c[n+]([O-])c2c(=O)[nH]1.[NaH]. The molecule has 0 saturated heterocycles. The number of hydrogen-bond acceptors (Lipinski definition) is 4. The molecule has 0 saturated carbocycles. The molecule has 2 rings (SSSR count). The third-order valence-corrected chi connectivity index (χ3v) is 1.45. The predicted molar refractivity (Wildman–Crippen MR) is 47.2 cm³/mol. The molecule has 0 fully saturated rings. The molecule has 0 spiro atoms. The van der Waals surface area contributed by atoms with Crippen molar-refractivity contribution in [2.75, 3.05) is 5.73 Å². The van der Waals surface area contributed by atoms with Gasteiger partial charge in [0, 0.05) is 0 Å². The van der Waals surface area contributed by atoms with Crippen molar-refractivity contribution in [3.8, 4) is 0 Å². The first-order valence-corrected chi connectivity index (χ1v) is 3.14. The van der Waals surface area contributed by atoms with Gasteiger partial charge in [-0.3, -0.25) is 9.78 Å². The number of imidazole rings is 1. The van der Waals surface area contributed by atoms with Crippen molar-refractivity contribution in [1.29, 1.82) is 0 Å². The van der Waals surface area contributed by atoms with Crippen molar-refractivity contribution < 1.29 is 4.73 Å². The Hall–Kier alpha value is -1.05. The number of anilines is 1. The van der Waals surface area contributed by atoms with Crippen molar-refractivity contribution in [2.45, 2.75) is 0 Å². The van der Waals surface area contributed by atoms with Gasteiger partial charge in [0.25, 0.3) is 11.2 Å². The van der Waals surface area contributed by atoms with Gasteiger partial charge < -0.3 is 10.9 Å². The van der Waals surface area contributed by atoms with Crippen molar-refractivity contribution in [3.05, 3.63) is 21.9 Å². The number of H-pyrrole nitrogens is 2. The topological polar surface area (TPSA) is 114 Å². The molecule has 0 aromatic carbocycles. The van der Waals surface area contributed by atoms with E-state index in [1.54, 1.807) is 0 Å². The number of nitrogens with zero attached hydrogens (tertiary/aromatic N) is 2. The second-order valence-electron chi connectivity index (χ2n) is 2.25. The average molecular weight is 191 g/mol. The maximum absolute atomic E-state index is 11.1. The predicted octanol–water partition coefficient (Wildman–Crippen LogP) is -2.18. The molecule has 0 bridgehead atoms. The summed E-state index contributed by atoms with van der Waals surface area (Å²) in [6.07, 6.45) is 1.09. The quantitative estimate of drug-likeness (QED) is 0.249. The van der Waals surface area contributed by atoms with Gasteiger partial charge in [0.2, 0.25) is 12.3 Å². The number of fused-ring (bicyclic) bond motifs is 1. The summed E-state index contributed by atoms with van der Waals surface area (Å²) >= 11 is 0. The summed E-state index contributed by atoms with van der Waals surface area (Å²) in [6.45, 7) is 0. The number of rotatable bonds is 0. The van der Waals surface area contributed by atoms with Gasteiger partial charge in [0.15, 0.2) is 0 Å². The van der Waals surface area contributed by atoms with Gasteiger partial charge in [-0.15, -0.1) is 0 Å². The van der Waals surface area contributed by atoms with Gasteiger partial charge in [-0.2, -0.15) is 4.98 Å². The van der Waals surface area contributed by atoms with Crippen LogP contribution in [0, 0.1) is 5.21 Å². The van der Waals surface area contributed by atoms with Crippen molar-refractivity contribution in [3.63, 3.8) is 0 Å². The van der Waals surface area contributed by atoms with Crippen LogP contribution in [-0.2, 0) is 0 Å². The van der Waals surface area contributed by atoms with E-state index in [4.69, 9.17) is 5.73 Å². The monoisotopic (exact) mass is 191 g/mol. The van der Waals surface area contributed by atoms with Gasteiger partial charge >= 0.3 is 35.1 Å². The first-order valence-electron chi connectivity index (χ1n) is 3.14. The Kier molecular flexibility index (Phi) is 2.60. The Labute approximate surface area is 93.9 Å². The van der Waals surface area contributed by atoms with E-state index in [-0.39, 0.29) is 46.7 Å².